The van der Waals surface area contributed by atoms with Crippen LogP contribution < -0.4 is 19.1 Å². The van der Waals surface area contributed by atoms with Gasteiger partial charge in [-0.15, -0.1) is 0 Å². The molecule has 0 fully saturated rings. The van der Waals surface area contributed by atoms with Crippen molar-refractivity contribution >= 4 is 39.1 Å². The number of anilines is 1. The predicted octanol–water partition coefficient (Wildman–Crippen LogP) is 3.56. The van der Waals surface area contributed by atoms with E-state index in [0.29, 0.717) is 16.5 Å². The zero-order chi connectivity index (χ0) is 26.5. The second-order valence-corrected chi connectivity index (χ2v) is 11.2. The first kappa shape index (κ1) is 27.6. The number of carbonyl (C=O) groups excluding carboxylic acids is 2. The van der Waals surface area contributed by atoms with Crippen LogP contribution in [0.1, 0.15) is 39.7 Å². The van der Waals surface area contributed by atoms with E-state index in [4.69, 9.17) is 21.1 Å². The number of nitrogens with zero attached hydrogens (tertiary/aromatic N) is 2. The minimum Gasteiger partial charge on any atom is -0.454 e. The lowest BCUT2D eigenvalue weighted by atomic mass is 10.1. The van der Waals surface area contributed by atoms with E-state index >= 15 is 0 Å². The molecule has 2 aromatic carbocycles. The van der Waals surface area contributed by atoms with Gasteiger partial charge < -0.3 is 19.7 Å². The standard InChI is InChI=1S/C25H32ClN3O6S/c1-5-17(3)27-25(31)18(4)28(14-19-7-9-20(26)10-8-19)24(30)15-29(36(32,33)6-2)21-11-12-22-23(13-21)35-16-34-22/h7-13,17-18H,5-6,14-16H2,1-4H3,(H,27,31)/t17-,18-/m0/s1. The number of sulfonamides is 1. The molecule has 36 heavy (non-hydrogen) atoms. The predicted molar refractivity (Wildman–Crippen MR) is 139 cm³/mol. The van der Waals surface area contributed by atoms with Gasteiger partial charge in [-0.1, -0.05) is 30.7 Å². The smallest absolute Gasteiger partial charge is 0.244 e. The fourth-order valence-electron chi connectivity index (χ4n) is 3.59. The fraction of sp³-hybridized carbons (Fsp3) is 0.440. The molecule has 0 saturated heterocycles. The number of nitrogens with one attached hydrogen (secondary N) is 1. The van der Waals surface area contributed by atoms with Crippen LogP contribution in [0.5, 0.6) is 11.5 Å². The van der Waals surface area contributed by atoms with E-state index in [1.54, 1.807) is 43.3 Å². The second-order valence-electron chi connectivity index (χ2n) is 8.59. The molecule has 0 aromatic heterocycles. The third-order valence-corrected chi connectivity index (χ3v) is 8.05. The topological polar surface area (TPSA) is 105 Å². The SMILES string of the molecule is CC[C@H](C)NC(=O)[C@H](C)N(Cc1ccc(Cl)cc1)C(=O)CN(c1ccc2c(c1)OCO2)S(=O)(=O)CC. The Labute approximate surface area is 217 Å². The molecule has 0 aliphatic carbocycles. The van der Waals surface area contributed by atoms with Crippen LogP contribution in [0.25, 0.3) is 0 Å². The van der Waals surface area contributed by atoms with Gasteiger partial charge in [0.05, 0.1) is 11.4 Å². The van der Waals surface area contributed by atoms with Crippen molar-refractivity contribution in [2.24, 2.45) is 0 Å². The summed E-state index contributed by atoms with van der Waals surface area (Å²) in [5.41, 5.74) is 1.03. The lowest BCUT2D eigenvalue weighted by molar-refractivity contribution is -0.139. The summed E-state index contributed by atoms with van der Waals surface area (Å²) in [4.78, 5) is 28.0. The number of carbonyl (C=O) groups is 2. The Morgan fingerprint density at radius 1 is 1.06 bits per heavy atom. The summed E-state index contributed by atoms with van der Waals surface area (Å²) in [6.45, 7) is 6.63. The van der Waals surface area contributed by atoms with Crippen molar-refractivity contribution in [3.63, 3.8) is 0 Å². The molecule has 0 bridgehead atoms. The number of hydrogen-bond donors (Lipinski definition) is 1. The first-order valence-electron chi connectivity index (χ1n) is 11.8. The molecule has 11 heteroatoms. The highest BCUT2D eigenvalue weighted by Crippen LogP contribution is 2.36. The van der Waals surface area contributed by atoms with Gasteiger partial charge in [-0.2, -0.15) is 0 Å². The number of benzene rings is 2. The number of halogens is 1. The molecule has 2 aromatic rings. The molecule has 196 valence electrons. The van der Waals surface area contributed by atoms with Crippen LogP contribution in [0.4, 0.5) is 5.69 Å². The Morgan fingerprint density at radius 2 is 1.72 bits per heavy atom. The molecular formula is C25H32ClN3O6S. The van der Waals surface area contributed by atoms with Gasteiger partial charge >= 0.3 is 0 Å². The molecule has 1 aliphatic heterocycles. The summed E-state index contributed by atoms with van der Waals surface area (Å²) < 4.78 is 37.8. The number of hydrogen-bond acceptors (Lipinski definition) is 6. The van der Waals surface area contributed by atoms with Gasteiger partial charge in [-0.25, -0.2) is 8.42 Å². The van der Waals surface area contributed by atoms with E-state index in [1.807, 2.05) is 13.8 Å². The number of amides is 2. The van der Waals surface area contributed by atoms with Crippen LogP contribution in [0, 0.1) is 0 Å². The van der Waals surface area contributed by atoms with Crippen LogP contribution in [0.15, 0.2) is 42.5 Å². The summed E-state index contributed by atoms with van der Waals surface area (Å²) in [7, 11) is -3.84. The van der Waals surface area contributed by atoms with Crippen molar-refractivity contribution in [3.05, 3.63) is 53.1 Å². The van der Waals surface area contributed by atoms with Gasteiger partial charge in [0.15, 0.2) is 11.5 Å². The highest BCUT2D eigenvalue weighted by Gasteiger charge is 2.32. The molecule has 1 aliphatic rings. The van der Waals surface area contributed by atoms with Gasteiger partial charge in [0.25, 0.3) is 0 Å². The minimum atomic E-state index is -3.84. The monoisotopic (exact) mass is 537 g/mol. The molecule has 0 radical (unpaired) electrons. The maximum atomic E-state index is 13.7. The maximum absolute atomic E-state index is 13.7. The van der Waals surface area contributed by atoms with Crippen LogP contribution in [-0.2, 0) is 26.2 Å². The van der Waals surface area contributed by atoms with Gasteiger partial charge in [0, 0.05) is 23.7 Å². The van der Waals surface area contributed by atoms with Crippen molar-refractivity contribution in [1.82, 2.24) is 10.2 Å². The molecule has 0 spiro atoms. The molecular weight excluding hydrogens is 506 g/mol. The second kappa shape index (κ2) is 11.8. The summed E-state index contributed by atoms with van der Waals surface area (Å²) in [6, 6.07) is 10.7. The number of rotatable bonds is 11. The Kier molecular flexibility index (Phi) is 9.08. The van der Waals surface area contributed by atoms with E-state index in [2.05, 4.69) is 5.32 Å². The zero-order valence-corrected chi connectivity index (χ0v) is 22.4. The molecule has 2 atom stereocenters. The van der Waals surface area contributed by atoms with E-state index in [0.717, 1.165) is 16.3 Å². The highest BCUT2D eigenvalue weighted by molar-refractivity contribution is 7.92. The van der Waals surface area contributed by atoms with E-state index in [1.165, 1.54) is 17.9 Å². The zero-order valence-electron chi connectivity index (χ0n) is 20.9. The molecule has 9 nitrogen and oxygen atoms in total. The van der Waals surface area contributed by atoms with Crippen molar-refractivity contribution in [1.29, 1.82) is 0 Å². The third kappa shape index (κ3) is 6.61. The normalized spacial score (nSPS) is 14.1. The van der Waals surface area contributed by atoms with Crippen LogP contribution in [0.3, 0.4) is 0 Å². The van der Waals surface area contributed by atoms with E-state index < -0.39 is 28.5 Å². The number of fused-ring (bicyclic) bond motifs is 1. The summed E-state index contributed by atoms with van der Waals surface area (Å²) in [6.07, 6.45) is 0.732. The number of ether oxygens (including phenoxy) is 2. The maximum Gasteiger partial charge on any atom is 0.244 e. The summed E-state index contributed by atoms with van der Waals surface area (Å²) in [5, 5.41) is 3.44. The van der Waals surface area contributed by atoms with Gasteiger partial charge in [-0.3, -0.25) is 13.9 Å². The molecule has 0 saturated carbocycles. The summed E-state index contributed by atoms with van der Waals surface area (Å²) >= 11 is 6.00. The van der Waals surface area contributed by atoms with Gasteiger partial charge in [0.1, 0.15) is 12.6 Å². The Bertz CT molecular complexity index is 1190. The van der Waals surface area contributed by atoms with E-state index in [9.17, 15) is 18.0 Å². The molecule has 1 heterocycles. The largest absolute Gasteiger partial charge is 0.454 e. The van der Waals surface area contributed by atoms with Crippen LogP contribution >= 0.6 is 11.6 Å². The third-order valence-electron chi connectivity index (χ3n) is 6.06. The average Bonchev–Trinajstić information content (AvgIpc) is 3.34. The Hall–Kier alpha value is -2.98. The first-order valence-corrected chi connectivity index (χ1v) is 13.8. The molecule has 1 N–H and O–H groups in total. The summed E-state index contributed by atoms with van der Waals surface area (Å²) in [5.74, 6) is -0.157. The molecule has 0 unspecified atom stereocenters. The van der Waals surface area contributed by atoms with Crippen molar-refractivity contribution in [2.75, 3.05) is 23.4 Å². The average molecular weight is 538 g/mol. The van der Waals surface area contributed by atoms with E-state index in [-0.39, 0.29) is 36.7 Å². The lowest BCUT2D eigenvalue weighted by Gasteiger charge is -2.32. The lowest BCUT2D eigenvalue weighted by Crippen LogP contribution is -2.52. The van der Waals surface area contributed by atoms with Crippen molar-refractivity contribution < 1.29 is 27.5 Å². The molecule has 2 amide bonds. The van der Waals surface area contributed by atoms with Gasteiger partial charge in [-0.05, 0) is 57.0 Å². The quantitative estimate of drug-likeness (QED) is 0.470. The first-order chi connectivity index (χ1) is 17.1. The highest BCUT2D eigenvalue weighted by atomic mass is 35.5. The Morgan fingerprint density at radius 3 is 2.36 bits per heavy atom. The van der Waals surface area contributed by atoms with Crippen molar-refractivity contribution in [3.8, 4) is 11.5 Å². The van der Waals surface area contributed by atoms with Crippen LogP contribution in [0.2, 0.25) is 5.02 Å². The van der Waals surface area contributed by atoms with Crippen LogP contribution in [-0.4, -0.2) is 56.3 Å². The van der Waals surface area contributed by atoms with Crippen molar-refractivity contribution in [2.45, 2.75) is 52.7 Å². The Balaban J connectivity index is 1.93. The minimum absolute atomic E-state index is 0.0376. The fourth-order valence-corrected chi connectivity index (χ4v) is 4.77. The van der Waals surface area contributed by atoms with Gasteiger partial charge in [0.2, 0.25) is 28.6 Å². The molecule has 3 rings (SSSR count).